The van der Waals surface area contributed by atoms with Gasteiger partial charge in [-0.15, -0.1) is 23.2 Å². The molecule has 2 aliphatic carbocycles. The fourth-order valence-corrected chi connectivity index (χ4v) is 4.61. The highest BCUT2D eigenvalue weighted by atomic mass is 35.5. The summed E-state index contributed by atoms with van der Waals surface area (Å²) in [6.07, 6.45) is 12.6. The molecular weight excluding hydrogens is 255 g/mol. The first-order valence-electron chi connectivity index (χ1n) is 7.17. The van der Waals surface area contributed by atoms with Crippen molar-refractivity contribution in [2.24, 2.45) is 0 Å². The Morgan fingerprint density at radius 3 is 1.35 bits per heavy atom. The van der Waals surface area contributed by atoms with E-state index in [0.717, 1.165) is 25.7 Å². The standard InChI is InChI=1S/C14H22Cl2O/c15-13(7-3-1-4-8-13)11-12(17-11)14(16)9-5-2-6-10-14/h11-12H,1-10H2. The first kappa shape index (κ1) is 12.6. The van der Waals surface area contributed by atoms with Gasteiger partial charge in [0.1, 0.15) is 12.2 Å². The zero-order valence-electron chi connectivity index (χ0n) is 10.4. The van der Waals surface area contributed by atoms with Crippen LogP contribution in [0, 0.1) is 0 Å². The van der Waals surface area contributed by atoms with Gasteiger partial charge in [-0.25, -0.2) is 0 Å². The van der Waals surface area contributed by atoms with Gasteiger partial charge in [0.15, 0.2) is 0 Å². The second kappa shape index (κ2) is 4.58. The number of hydrogen-bond donors (Lipinski definition) is 0. The molecule has 0 radical (unpaired) electrons. The molecule has 3 aliphatic rings. The lowest BCUT2D eigenvalue weighted by atomic mass is 9.79. The largest absolute Gasteiger partial charge is 0.366 e. The highest BCUT2D eigenvalue weighted by Crippen LogP contribution is 2.54. The Bertz CT molecular complexity index is 252. The molecule has 1 aliphatic heterocycles. The van der Waals surface area contributed by atoms with Crippen LogP contribution < -0.4 is 0 Å². The van der Waals surface area contributed by atoms with Gasteiger partial charge in [-0.3, -0.25) is 0 Å². The Labute approximate surface area is 114 Å². The SMILES string of the molecule is ClC1(C2OC2C2(Cl)CCCCC2)CCCCC1. The highest BCUT2D eigenvalue weighted by molar-refractivity contribution is 6.26. The maximum absolute atomic E-state index is 6.76. The lowest BCUT2D eigenvalue weighted by molar-refractivity contribution is 0.262. The van der Waals surface area contributed by atoms with Gasteiger partial charge in [0.25, 0.3) is 0 Å². The molecule has 2 atom stereocenters. The molecule has 3 heteroatoms. The molecule has 3 rings (SSSR count). The molecular formula is C14H22Cl2O. The minimum Gasteiger partial charge on any atom is -0.366 e. The van der Waals surface area contributed by atoms with E-state index in [9.17, 15) is 0 Å². The van der Waals surface area contributed by atoms with Crippen molar-refractivity contribution >= 4 is 23.2 Å². The van der Waals surface area contributed by atoms with Crippen molar-refractivity contribution in [3.63, 3.8) is 0 Å². The van der Waals surface area contributed by atoms with E-state index in [0.29, 0.717) is 0 Å². The topological polar surface area (TPSA) is 12.5 Å². The number of alkyl halides is 2. The summed E-state index contributed by atoms with van der Waals surface area (Å²) in [5.74, 6) is 0. The van der Waals surface area contributed by atoms with E-state index in [1.807, 2.05) is 0 Å². The van der Waals surface area contributed by atoms with Crippen LogP contribution in [-0.2, 0) is 4.74 Å². The predicted molar refractivity (Wildman–Crippen MR) is 72.0 cm³/mol. The number of rotatable bonds is 2. The smallest absolute Gasteiger partial charge is 0.105 e. The Morgan fingerprint density at radius 2 is 1.00 bits per heavy atom. The summed E-state index contributed by atoms with van der Waals surface area (Å²) in [6, 6.07) is 0. The van der Waals surface area contributed by atoms with Gasteiger partial charge in [-0.2, -0.15) is 0 Å². The van der Waals surface area contributed by atoms with Gasteiger partial charge in [-0.05, 0) is 25.7 Å². The summed E-state index contributed by atoms with van der Waals surface area (Å²) in [5.41, 5.74) is 0. The van der Waals surface area contributed by atoms with Crippen LogP contribution in [0.4, 0.5) is 0 Å². The minimum atomic E-state index is -0.0950. The van der Waals surface area contributed by atoms with Crippen molar-refractivity contribution in [1.82, 2.24) is 0 Å². The van der Waals surface area contributed by atoms with E-state index in [2.05, 4.69) is 0 Å². The fraction of sp³-hybridized carbons (Fsp3) is 1.00. The molecule has 0 aromatic heterocycles. The van der Waals surface area contributed by atoms with Crippen LogP contribution >= 0.6 is 23.2 Å². The number of halogens is 2. The zero-order valence-corrected chi connectivity index (χ0v) is 11.9. The van der Waals surface area contributed by atoms with Crippen LogP contribution in [0.25, 0.3) is 0 Å². The van der Waals surface area contributed by atoms with Gasteiger partial charge in [0, 0.05) is 0 Å². The molecule has 1 saturated heterocycles. The van der Waals surface area contributed by atoms with E-state index < -0.39 is 0 Å². The fourth-order valence-electron chi connectivity index (χ4n) is 3.75. The highest BCUT2D eigenvalue weighted by Gasteiger charge is 2.61. The summed E-state index contributed by atoms with van der Waals surface area (Å²) < 4.78 is 5.94. The van der Waals surface area contributed by atoms with Crippen LogP contribution in [0.15, 0.2) is 0 Å². The third-order valence-electron chi connectivity index (χ3n) is 4.88. The molecule has 3 fully saturated rings. The number of hydrogen-bond acceptors (Lipinski definition) is 1. The summed E-state index contributed by atoms with van der Waals surface area (Å²) in [7, 11) is 0. The van der Waals surface area contributed by atoms with Crippen molar-refractivity contribution in [3.8, 4) is 0 Å². The summed E-state index contributed by atoms with van der Waals surface area (Å²) >= 11 is 13.5. The first-order valence-corrected chi connectivity index (χ1v) is 7.93. The summed E-state index contributed by atoms with van der Waals surface area (Å²) in [6.45, 7) is 0. The van der Waals surface area contributed by atoms with Crippen molar-refractivity contribution in [3.05, 3.63) is 0 Å². The average Bonchev–Trinajstić information content (AvgIpc) is 3.12. The van der Waals surface area contributed by atoms with Crippen LogP contribution in [0.1, 0.15) is 64.2 Å². The second-order valence-electron chi connectivity index (χ2n) is 6.17. The molecule has 0 spiro atoms. The molecule has 0 bridgehead atoms. The molecule has 0 amide bonds. The molecule has 0 N–H and O–H groups in total. The third kappa shape index (κ3) is 2.35. The lowest BCUT2D eigenvalue weighted by Crippen LogP contribution is -2.39. The van der Waals surface area contributed by atoms with Gasteiger partial charge in [0.2, 0.25) is 0 Å². The summed E-state index contributed by atoms with van der Waals surface area (Å²) in [5, 5.41) is 0. The monoisotopic (exact) mass is 276 g/mol. The Kier molecular flexibility index (Phi) is 3.38. The first-order chi connectivity index (χ1) is 8.14. The molecule has 1 heterocycles. The van der Waals surface area contributed by atoms with Gasteiger partial charge in [0.05, 0.1) is 9.75 Å². The average molecular weight is 277 g/mol. The molecule has 0 aromatic rings. The normalized spacial score (nSPS) is 39.9. The molecule has 98 valence electrons. The molecule has 17 heavy (non-hydrogen) atoms. The van der Waals surface area contributed by atoms with Crippen LogP contribution in [0.3, 0.4) is 0 Å². The Morgan fingerprint density at radius 1 is 0.647 bits per heavy atom. The van der Waals surface area contributed by atoms with E-state index in [1.54, 1.807) is 0 Å². The molecule has 2 saturated carbocycles. The predicted octanol–water partition coefficient (Wildman–Crippen LogP) is 4.64. The number of epoxide rings is 1. The molecule has 1 nitrogen and oxygen atoms in total. The molecule has 0 aromatic carbocycles. The minimum absolute atomic E-state index is 0.0950. The van der Waals surface area contributed by atoms with Crippen LogP contribution in [-0.4, -0.2) is 22.0 Å². The number of ether oxygens (including phenoxy) is 1. The zero-order chi connectivity index (χ0) is 11.9. The van der Waals surface area contributed by atoms with Crippen molar-refractivity contribution < 1.29 is 4.74 Å². The maximum Gasteiger partial charge on any atom is 0.105 e. The van der Waals surface area contributed by atoms with E-state index in [4.69, 9.17) is 27.9 Å². The maximum atomic E-state index is 6.76. The van der Waals surface area contributed by atoms with E-state index in [-0.39, 0.29) is 22.0 Å². The van der Waals surface area contributed by atoms with Crippen LogP contribution in [0.5, 0.6) is 0 Å². The van der Waals surface area contributed by atoms with Gasteiger partial charge < -0.3 is 4.74 Å². The quantitative estimate of drug-likeness (QED) is 0.529. The van der Waals surface area contributed by atoms with E-state index >= 15 is 0 Å². The van der Waals surface area contributed by atoms with Gasteiger partial charge >= 0.3 is 0 Å². The van der Waals surface area contributed by atoms with Crippen molar-refractivity contribution in [1.29, 1.82) is 0 Å². The van der Waals surface area contributed by atoms with Crippen molar-refractivity contribution in [2.75, 3.05) is 0 Å². The lowest BCUT2D eigenvalue weighted by Gasteiger charge is -2.33. The van der Waals surface area contributed by atoms with Crippen LogP contribution in [0.2, 0.25) is 0 Å². The van der Waals surface area contributed by atoms with E-state index in [1.165, 1.54) is 38.5 Å². The Hall–Kier alpha value is 0.540. The second-order valence-corrected chi connectivity index (χ2v) is 7.67. The summed E-state index contributed by atoms with van der Waals surface area (Å²) in [4.78, 5) is -0.190. The van der Waals surface area contributed by atoms with Crippen molar-refractivity contribution in [2.45, 2.75) is 86.2 Å². The van der Waals surface area contributed by atoms with Gasteiger partial charge in [-0.1, -0.05) is 38.5 Å². The Balaban J connectivity index is 1.64. The molecule has 2 unspecified atom stereocenters. The third-order valence-corrected chi connectivity index (χ3v) is 6.07.